The topological polar surface area (TPSA) is 52.7 Å². The summed E-state index contributed by atoms with van der Waals surface area (Å²) in [6.45, 7) is 2.78. The molecule has 5 rings (SSSR count). The summed E-state index contributed by atoms with van der Waals surface area (Å²) in [6, 6.07) is 14.1. The molecule has 1 aliphatic carbocycles. The highest BCUT2D eigenvalue weighted by molar-refractivity contribution is 6.10. The molecule has 1 saturated carbocycles. The van der Waals surface area contributed by atoms with Crippen LogP contribution in [0.2, 0.25) is 0 Å². The van der Waals surface area contributed by atoms with Gasteiger partial charge in [0.25, 0.3) is 5.91 Å². The highest BCUT2D eigenvalue weighted by Gasteiger charge is 2.37. The first-order valence-electron chi connectivity index (χ1n) is 10.8. The van der Waals surface area contributed by atoms with Gasteiger partial charge in [-0.05, 0) is 55.5 Å². The molecular formula is C24H27N3O2. The van der Waals surface area contributed by atoms with Crippen molar-refractivity contribution in [1.29, 1.82) is 0 Å². The van der Waals surface area contributed by atoms with Crippen LogP contribution in [-0.2, 0) is 11.2 Å². The first-order valence-corrected chi connectivity index (χ1v) is 10.8. The monoisotopic (exact) mass is 389 g/mol. The number of fused-ring (bicyclic) bond motifs is 2. The van der Waals surface area contributed by atoms with Crippen LogP contribution in [-0.4, -0.2) is 30.4 Å². The molecule has 0 spiro atoms. The highest BCUT2D eigenvalue weighted by atomic mass is 16.2. The predicted molar refractivity (Wildman–Crippen MR) is 116 cm³/mol. The van der Waals surface area contributed by atoms with Crippen molar-refractivity contribution in [2.24, 2.45) is 0 Å². The van der Waals surface area contributed by atoms with Crippen LogP contribution in [0, 0.1) is 0 Å². The molecule has 2 aromatic rings. The Kier molecular flexibility index (Phi) is 4.53. The SMILES string of the molecule is CCC1C(=O)Nc2ccc(C(=O)N3CCc4ccccc43)cc2N1C1CCCC1. The van der Waals surface area contributed by atoms with Crippen LogP contribution in [0.15, 0.2) is 42.5 Å². The first kappa shape index (κ1) is 18.2. The highest BCUT2D eigenvalue weighted by Crippen LogP contribution is 2.40. The zero-order valence-corrected chi connectivity index (χ0v) is 16.9. The van der Waals surface area contributed by atoms with Crippen LogP contribution >= 0.6 is 0 Å². The van der Waals surface area contributed by atoms with E-state index in [1.54, 1.807) is 0 Å². The number of amides is 2. The molecular weight excluding hydrogens is 362 g/mol. The average Bonchev–Trinajstić information content (AvgIpc) is 3.42. The summed E-state index contributed by atoms with van der Waals surface area (Å²) in [5, 5.41) is 3.06. The van der Waals surface area contributed by atoms with Crippen molar-refractivity contribution in [1.82, 2.24) is 0 Å². The van der Waals surface area contributed by atoms with E-state index in [4.69, 9.17) is 0 Å². The number of carbonyl (C=O) groups excluding carboxylic acids is 2. The average molecular weight is 389 g/mol. The van der Waals surface area contributed by atoms with Gasteiger partial charge in [-0.1, -0.05) is 38.0 Å². The fourth-order valence-corrected chi connectivity index (χ4v) is 5.21. The molecule has 0 radical (unpaired) electrons. The van der Waals surface area contributed by atoms with Crippen molar-refractivity contribution in [2.75, 3.05) is 21.7 Å². The molecule has 5 heteroatoms. The zero-order valence-electron chi connectivity index (χ0n) is 16.9. The first-order chi connectivity index (χ1) is 14.2. The van der Waals surface area contributed by atoms with Gasteiger partial charge >= 0.3 is 0 Å². The summed E-state index contributed by atoms with van der Waals surface area (Å²) in [5.41, 5.74) is 4.76. The number of hydrogen-bond acceptors (Lipinski definition) is 3. The third-order valence-corrected chi connectivity index (χ3v) is 6.66. The Balaban J connectivity index is 1.52. The van der Waals surface area contributed by atoms with E-state index in [9.17, 15) is 9.59 Å². The van der Waals surface area contributed by atoms with Gasteiger partial charge in [0.2, 0.25) is 5.91 Å². The maximum Gasteiger partial charge on any atom is 0.258 e. The van der Waals surface area contributed by atoms with Gasteiger partial charge in [-0.2, -0.15) is 0 Å². The normalized spacial score (nSPS) is 21.1. The molecule has 3 aliphatic rings. The van der Waals surface area contributed by atoms with Crippen LogP contribution in [0.1, 0.15) is 54.9 Å². The van der Waals surface area contributed by atoms with Gasteiger partial charge < -0.3 is 15.1 Å². The number of benzene rings is 2. The predicted octanol–water partition coefficient (Wildman–Crippen LogP) is 4.37. The quantitative estimate of drug-likeness (QED) is 0.848. The van der Waals surface area contributed by atoms with E-state index < -0.39 is 0 Å². The molecule has 2 heterocycles. The van der Waals surface area contributed by atoms with Crippen LogP contribution in [0.4, 0.5) is 17.1 Å². The largest absolute Gasteiger partial charge is 0.355 e. The van der Waals surface area contributed by atoms with E-state index in [2.05, 4.69) is 23.2 Å². The number of hydrogen-bond donors (Lipinski definition) is 1. The fraction of sp³-hybridized carbons (Fsp3) is 0.417. The van der Waals surface area contributed by atoms with Crippen LogP contribution in [0.5, 0.6) is 0 Å². The molecule has 2 aliphatic heterocycles. The van der Waals surface area contributed by atoms with Gasteiger partial charge in [-0.15, -0.1) is 0 Å². The lowest BCUT2D eigenvalue weighted by Gasteiger charge is -2.42. The molecule has 0 saturated heterocycles. The van der Waals surface area contributed by atoms with Gasteiger partial charge in [0.1, 0.15) is 6.04 Å². The summed E-state index contributed by atoms with van der Waals surface area (Å²) in [4.78, 5) is 30.2. The van der Waals surface area contributed by atoms with Gasteiger partial charge in [-0.3, -0.25) is 9.59 Å². The second kappa shape index (κ2) is 7.21. The van der Waals surface area contributed by atoms with Crippen LogP contribution in [0.3, 0.4) is 0 Å². The van der Waals surface area contributed by atoms with Gasteiger partial charge in [0, 0.05) is 23.8 Å². The summed E-state index contributed by atoms with van der Waals surface area (Å²) in [7, 11) is 0. The number of nitrogens with one attached hydrogen (secondary N) is 1. The van der Waals surface area contributed by atoms with Crippen molar-refractivity contribution >= 4 is 28.9 Å². The third-order valence-electron chi connectivity index (χ3n) is 6.66. The minimum Gasteiger partial charge on any atom is -0.355 e. The maximum atomic E-state index is 13.4. The Morgan fingerprint density at radius 2 is 1.90 bits per heavy atom. The van der Waals surface area contributed by atoms with Crippen LogP contribution in [0.25, 0.3) is 0 Å². The number of anilines is 3. The Bertz CT molecular complexity index is 964. The molecule has 2 amide bonds. The van der Waals surface area contributed by atoms with E-state index in [1.807, 2.05) is 41.3 Å². The summed E-state index contributed by atoms with van der Waals surface area (Å²) in [6.07, 6.45) is 6.30. The Morgan fingerprint density at radius 1 is 1.10 bits per heavy atom. The summed E-state index contributed by atoms with van der Waals surface area (Å²) >= 11 is 0. The standard InChI is InChI=1S/C24H27N3O2/c1-2-20-23(28)25-19-12-11-17(15-22(19)27(20)18-8-4-5-9-18)24(29)26-14-13-16-7-3-6-10-21(16)26/h3,6-7,10-12,15,18,20H,2,4-5,8-9,13-14H2,1H3,(H,25,28). The Morgan fingerprint density at radius 3 is 2.69 bits per heavy atom. The van der Waals surface area contributed by atoms with Crippen molar-refractivity contribution in [3.63, 3.8) is 0 Å². The van der Waals surface area contributed by atoms with E-state index in [1.165, 1.54) is 18.4 Å². The second-order valence-electron chi connectivity index (χ2n) is 8.33. The number of carbonyl (C=O) groups is 2. The lowest BCUT2D eigenvalue weighted by Crippen LogP contribution is -2.52. The zero-order chi connectivity index (χ0) is 20.0. The van der Waals surface area contributed by atoms with Gasteiger partial charge in [0.15, 0.2) is 0 Å². The molecule has 150 valence electrons. The Labute approximate surface area is 171 Å². The van der Waals surface area contributed by atoms with Crippen molar-refractivity contribution in [2.45, 2.75) is 57.5 Å². The number of rotatable bonds is 3. The Hall–Kier alpha value is -2.82. The van der Waals surface area contributed by atoms with E-state index >= 15 is 0 Å². The number of nitrogens with zero attached hydrogens (tertiary/aromatic N) is 2. The third kappa shape index (κ3) is 3.00. The smallest absolute Gasteiger partial charge is 0.258 e. The van der Waals surface area contributed by atoms with Crippen molar-refractivity contribution in [3.05, 3.63) is 53.6 Å². The lowest BCUT2D eigenvalue weighted by molar-refractivity contribution is -0.117. The van der Waals surface area contributed by atoms with Crippen LogP contribution < -0.4 is 15.1 Å². The second-order valence-corrected chi connectivity index (χ2v) is 8.33. The molecule has 5 nitrogen and oxygen atoms in total. The molecule has 29 heavy (non-hydrogen) atoms. The fourth-order valence-electron chi connectivity index (χ4n) is 5.21. The van der Waals surface area contributed by atoms with E-state index in [0.29, 0.717) is 11.6 Å². The van der Waals surface area contributed by atoms with E-state index in [0.717, 1.165) is 49.3 Å². The minimum atomic E-state index is -0.163. The summed E-state index contributed by atoms with van der Waals surface area (Å²) < 4.78 is 0. The molecule has 1 unspecified atom stereocenters. The molecule has 2 aromatic carbocycles. The van der Waals surface area contributed by atoms with Gasteiger partial charge in [0.05, 0.1) is 11.4 Å². The van der Waals surface area contributed by atoms with E-state index in [-0.39, 0.29) is 17.9 Å². The molecule has 0 bridgehead atoms. The van der Waals surface area contributed by atoms with Crippen molar-refractivity contribution in [3.8, 4) is 0 Å². The molecule has 0 aromatic heterocycles. The maximum absolute atomic E-state index is 13.4. The minimum absolute atomic E-state index is 0.0362. The number of para-hydroxylation sites is 1. The molecule has 1 fully saturated rings. The lowest BCUT2D eigenvalue weighted by atomic mass is 10.00. The van der Waals surface area contributed by atoms with Crippen molar-refractivity contribution < 1.29 is 9.59 Å². The molecule has 1 atom stereocenters. The van der Waals surface area contributed by atoms with Gasteiger partial charge in [-0.25, -0.2) is 0 Å². The summed E-state index contributed by atoms with van der Waals surface area (Å²) in [5.74, 6) is 0.105. The molecule has 1 N–H and O–H groups in total.